The van der Waals surface area contributed by atoms with Crippen molar-refractivity contribution in [3.63, 3.8) is 0 Å². The molecule has 1 saturated carbocycles. The third kappa shape index (κ3) is 3.41. The van der Waals surface area contributed by atoms with Crippen molar-refractivity contribution in [3.05, 3.63) is 16.5 Å². The van der Waals surface area contributed by atoms with E-state index in [9.17, 15) is 5.11 Å². The van der Waals surface area contributed by atoms with Crippen molar-refractivity contribution in [2.75, 3.05) is 18.1 Å². The third-order valence-corrected chi connectivity index (χ3v) is 4.42. The number of hydrogen-bond donors (Lipinski definition) is 1. The summed E-state index contributed by atoms with van der Waals surface area (Å²) in [6.07, 6.45) is 6.93. The van der Waals surface area contributed by atoms with Crippen LogP contribution in [0.5, 0.6) is 0 Å². The van der Waals surface area contributed by atoms with Gasteiger partial charge in [-0.3, -0.25) is 0 Å². The fraction of sp³-hybridized carbons (Fsp3) is 0.733. The lowest BCUT2D eigenvalue weighted by molar-refractivity contribution is 0.289. The SMILES string of the molecule is CCc1nc(Cl)c(C)c(N(CCO)C2CCCCC2)n1. The first-order valence-corrected chi connectivity index (χ1v) is 7.95. The number of aliphatic hydroxyl groups excluding tert-OH is 1. The van der Waals surface area contributed by atoms with E-state index >= 15 is 0 Å². The number of nitrogens with zero attached hydrogens (tertiary/aromatic N) is 3. The van der Waals surface area contributed by atoms with Gasteiger partial charge in [-0.2, -0.15) is 0 Å². The first kappa shape index (κ1) is 15.5. The van der Waals surface area contributed by atoms with E-state index in [1.165, 1.54) is 32.1 Å². The van der Waals surface area contributed by atoms with Crippen LogP contribution in [0.2, 0.25) is 5.15 Å². The van der Waals surface area contributed by atoms with Crippen LogP contribution in [0, 0.1) is 6.92 Å². The van der Waals surface area contributed by atoms with Gasteiger partial charge in [0.1, 0.15) is 16.8 Å². The van der Waals surface area contributed by atoms with Crippen molar-refractivity contribution in [3.8, 4) is 0 Å². The smallest absolute Gasteiger partial charge is 0.137 e. The van der Waals surface area contributed by atoms with E-state index in [2.05, 4.69) is 14.9 Å². The molecule has 0 spiro atoms. The monoisotopic (exact) mass is 297 g/mol. The highest BCUT2D eigenvalue weighted by Gasteiger charge is 2.24. The maximum absolute atomic E-state index is 9.40. The molecule has 1 N–H and O–H groups in total. The molecule has 0 aliphatic heterocycles. The fourth-order valence-corrected chi connectivity index (χ4v) is 3.10. The molecule has 0 amide bonds. The second kappa shape index (κ2) is 7.23. The molecule has 0 bridgehead atoms. The van der Waals surface area contributed by atoms with E-state index in [0.29, 0.717) is 17.7 Å². The summed E-state index contributed by atoms with van der Waals surface area (Å²) in [6, 6.07) is 0.463. The minimum atomic E-state index is 0.138. The molecule has 4 nitrogen and oxygen atoms in total. The van der Waals surface area contributed by atoms with Gasteiger partial charge >= 0.3 is 0 Å². The summed E-state index contributed by atoms with van der Waals surface area (Å²) in [4.78, 5) is 11.2. The molecule has 0 saturated heterocycles. The van der Waals surface area contributed by atoms with Gasteiger partial charge in [-0.05, 0) is 19.8 Å². The van der Waals surface area contributed by atoms with Crippen LogP contribution in [0.3, 0.4) is 0 Å². The molecule has 112 valence electrons. The molecule has 1 aliphatic rings. The molecular formula is C15H24ClN3O. The maximum Gasteiger partial charge on any atom is 0.137 e. The lowest BCUT2D eigenvalue weighted by atomic mass is 9.94. The summed E-state index contributed by atoms with van der Waals surface area (Å²) in [5, 5.41) is 9.93. The van der Waals surface area contributed by atoms with Gasteiger partial charge in [0.25, 0.3) is 0 Å². The Kier molecular flexibility index (Phi) is 5.61. The van der Waals surface area contributed by atoms with Crippen molar-refractivity contribution in [2.45, 2.75) is 58.4 Å². The Hall–Kier alpha value is -0.870. The van der Waals surface area contributed by atoms with Crippen LogP contribution in [0.1, 0.15) is 50.4 Å². The molecule has 0 aromatic carbocycles. The molecule has 5 heteroatoms. The minimum Gasteiger partial charge on any atom is -0.395 e. The Morgan fingerprint density at radius 2 is 1.95 bits per heavy atom. The fourth-order valence-electron chi connectivity index (χ4n) is 2.92. The molecule has 1 fully saturated rings. The maximum atomic E-state index is 9.40. The highest BCUT2D eigenvalue weighted by molar-refractivity contribution is 6.30. The Morgan fingerprint density at radius 1 is 1.25 bits per heavy atom. The predicted molar refractivity (Wildman–Crippen MR) is 82.5 cm³/mol. The topological polar surface area (TPSA) is 49.2 Å². The van der Waals surface area contributed by atoms with Crippen LogP contribution in [0.4, 0.5) is 5.82 Å². The third-order valence-electron chi connectivity index (χ3n) is 4.05. The van der Waals surface area contributed by atoms with Crippen molar-refractivity contribution in [1.82, 2.24) is 9.97 Å². The van der Waals surface area contributed by atoms with Crippen molar-refractivity contribution >= 4 is 17.4 Å². The number of aliphatic hydroxyl groups is 1. The zero-order valence-corrected chi connectivity index (χ0v) is 13.2. The molecule has 0 atom stereocenters. The number of rotatable bonds is 5. The quantitative estimate of drug-likeness (QED) is 0.848. The van der Waals surface area contributed by atoms with Crippen LogP contribution < -0.4 is 4.90 Å². The first-order valence-electron chi connectivity index (χ1n) is 7.57. The lowest BCUT2D eigenvalue weighted by Crippen LogP contribution is -2.40. The number of halogens is 1. The van der Waals surface area contributed by atoms with E-state index in [0.717, 1.165) is 23.6 Å². The molecule has 1 aromatic rings. The standard InChI is InChI=1S/C15H24ClN3O/c1-3-13-17-14(16)11(2)15(18-13)19(9-10-20)12-7-5-4-6-8-12/h12,20H,3-10H2,1-2H3. The largest absolute Gasteiger partial charge is 0.395 e. The number of anilines is 1. The molecule has 0 radical (unpaired) electrons. The molecule has 1 heterocycles. The summed E-state index contributed by atoms with van der Waals surface area (Å²) in [6.45, 7) is 4.74. The van der Waals surface area contributed by atoms with Gasteiger partial charge in [-0.15, -0.1) is 0 Å². The van der Waals surface area contributed by atoms with Crippen LogP contribution in [-0.2, 0) is 6.42 Å². The van der Waals surface area contributed by atoms with Gasteiger partial charge in [-0.25, -0.2) is 9.97 Å². The van der Waals surface area contributed by atoms with Gasteiger partial charge in [-0.1, -0.05) is 37.8 Å². The average molecular weight is 298 g/mol. The normalized spacial score (nSPS) is 16.4. The van der Waals surface area contributed by atoms with Gasteiger partial charge in [0.15, 0.2) is 0 Å². The van der Waals surface area contributed by atoms with E-state index in [1.54, 1.807) is 0 Å². The summed E-state index contributed by atoms with van der Waals surface area (Å²) in [7, 11) is 0. The lowest BCUT2D eigenvalue weighted by Gasteiger charge is -2.36. The minimum absolute atomic E-state index is 0.138. The second-order valence-electron chi connectivity index (χ2n) is 5.44. The number of aromatic nitrogens is 2. The summed E-state index contributed by atoms with van der Waals surface area (Å²) in [5.41, 5.74) is 0.919. The van der Waals surface area contributed by atoms with Gasteiger partial charge < -0.3 is 10.0 Å². The van der Waals surface area contributed by atoms with Crippen LogP contribution >= 0.6 is 11.6 Å². The van der Waals surface area contributed by atoms with E-state index in [1.807, 2.05) is 13.8 Å². The number of aryl methyl sites for hydroxylation is 1. The predicted octanol–water partition coefficient (Wildman–Crippen LogP) is 3.13. The molecular weight excluding hydrogens is 274 g/mol. The van der Waals surface area contributed by atoms with Crippen molar-refractivity contribution in [2.24, 2.45) is 0 Å². The van der Waals surface area contributed by atoms with Crippen LogP contribution in [-0.4, -0.2) is 34.3 Å². The Labute approximate surface area is 126 Å². The van der Waals surface area contributed by atoms with Crippen molar-refractivity contribution in [1.29, 1.82) is 0 Å². The zero-order chi connectivity index (χ0) is 14.5. The second-order valence-corrected chi connectivity index (χ2v) is 5.80. The molecule has 20 heavy (non-hydrogen) atoms. The summed E-state index contributed by atoms with van der Waals surface area (Å²) < 4.78 is 0. The van der Waals surface area contributed by atoms with E-state index in [-0.39, 0.29) is 6.61 Å². The summed E-state index contributed by atoms with van der Waals surface area (Å²) >= 11 is 6.24. The van der Waals surface area contributed by atoms with Crippen LogP contribution in [0.25, 0.3) is 0 Å². The van der Waals surface area contributed by atoms with Crippen molar-refractivity contribution < 1.29 is 5.11 Å². The van der Waals surface area contributed by atoms with Gasteiger partial charge in [0.2, 0.25) is 0 Å². The number of hydrogen-bond acceptors (Lipinski definition) is 4. The van der Waals surface area contributed by atoms with Crippen LogP contribution in [0.15, 0.2) is 0 Å². The van der Waals surface area contributed by atoms with Gasteiger partial charge in [0.05, 0.1) is 6.61 Å². The zero-order valence-electron chi connectivity index (χ0n) is 12.4. The highest BCUT2D eigenvalue weighted by Crippen LogP contribution is 2.30. The van der Waals surface area contributed by atoms with Gasteiger partial charge in [0, 0.05) is 24.6 Å². The molecule has 1 aromatic heterocycles. The average Bonchev–Trinajstić information content (AvgIpc) is 2.48. The molecule has 2 rings (SSSR count). The Morgan fingerprint density at radius 3 is 2.55 bits per heavy atom. The Balaban J connectivity index is 2.34. The first-order chi connectivity index (χ1) is 9.67. The van der Waals surface area contributed by atoms with E-state index in [4.69, 9.17) is 11.6 Å². The van der Waals surface area contributed by atoms with E-state index < -0.39 is 0 Å². The molecule has 0 unspecified atom stereocenters. The Bertz CT molecular complexity index is 447. The molecule has 1 aliphatic carbocycles. The summed E-state index contributed by atoms with van der Waals surface area (Å²) in [5.74, 6) is 1.68. The highest BCUT2D eigenvalue weighted by atomic mass is 35.5.